The monoisotopic (exact) mass is 298 g/mol. The second-order valence-electron chi connectivity index (χ2n) is 5.30. The lowest BCUT2D eigenvalue weighted by Crippen LogP contribution is -2.46. The maximum atomic E-state index is 11.5. The SMILES string of the molecule is Cc1[nH]ncc1CCCNC(=O)NCC(C)(O)CC(=O)O. The number of carboxylic acid groups (broad SMARTS) is 1. The van der Waals surface area contributed by atoms with Crippen LogP contribution in [0.5, 0.6) is 0 Å². The van der Waals surface area contributed by atoms with E-state index in [1.165, 1.54) is 6.92 Å². The van der Waals surface area contributed by atoms with Gasteiger partial charge in [-0.3, -0.25) is 9.89 Å². The second-order valence-corrected chi connectivity index (χ2v) is 5.30. The Morgan fingerprint density at radius 2 is 2.14 bits per heavy atom. The number of H-pyrrole nitrogens is 1. The molecule has 1 aromatic heterocycles. The van der Waals surface area contributed by atoms with E-state index < -0.39 is 24.0 Å². The number of nitrogens with one attached hydrogen (secondary N) is 3. The molecule has 1 atom stereocenters. The minimum absolute atomic E-state index is 0.119. The highest BCUT2D eigenvalue weighted by atomic mass is 16.4. The van der Waals surface area contributed by atoms with Crippen LogP contribution in [0.3, 0.4) is 0 Å². The minimum Gasteiger partial charge on any atom is -0.481 e. The van der Waals surface area contributed by atoms with Crippen LogP contribution in [0.25, 0.3) is 0 Å². The standard InChI is InChI=1S/C13H22N4O4/c1-9-10(7-16-17-9)4-3-5-14-12(20)15-8-13(2,21)6-11(18)19/h7,21H,3-6,8H2,1-2H3,(H,16,17)(H,18,19)(H2,14,15,20). The lowest BCUT2D eigenvalue weighted by atomic mass is 10.0. The molecule has 1 unspecified atom stereocenters. The molecule has 1 rings (SSSR count). The number of carbonyl (C=O) groups is 2. The molecule has 118 valence electrons. The summed E-state index contributed by atoms with van der Waals surface area (Å²) >= 11 is 0. The number of hydrogen-bond donors (Lipinski definition) is 5. The summed E-state index contributed by atoms with van der Waals surface area (Å²) in [5, 5.41) is 30.2. The zero-order chi connectivity index (χ0) is 15.9. The summed E-state index contributed by atoms with van der Waals surface area (Å²) in [6, 6.07) is -0.426. The molecule has 0 aliphatic carbocycles. The predicted octanol–water partition coefficient (Wildman–Crippen LogP) is 0.176. The van der Waals surface area contributed by atoms with Gasteiger partial charge in [0.15, 0.2) is 0 Å². The topological polar surface area (TPSA) is 127 Å². The number of rotatable bonds is 8. The zero-order valence-electron chi connectivity index (χ0n) is 12.3. The van der Waals surface area contributed by atoms with Gasteiger partial charge in [0, 0.05) is 18.8 Å². The maximum Gasteiger partial charge on any atom is 0.314 e. The van der Waals surface area contributed by atoms with Crippen LogP contribution in [0.1, 0.15) is 31.0 Å². The smallest absolute Gasteiger partial charge is 0.314 e. The molecule has 0 radical (unpaired) electrons. The number of carbonyl (C=O) groups excluding carboxylic acids is 1. The molecule has 0 spiro atoms. The lowest BCUT2D eigenvalue weighted by Gasteiger charge is -2.21. The van der Waals surface area contributed by atoms with Gasteiger partial charge in [0.05, 0.1) is 18.2 Å². The van der Waals surface area contributed by atoms with Crippen molar-refractivity contribution < 1.29 is 19.8 Å². The van der Waals surface area contributed by atoms with Crippen molar-refractivity contribution in [3.63, 3.8) is 0 Å². The second kappa shape index (κ2) is 7.63. The zero-order valence-corrected chi connectivity index (χ0v) is 12.3. The first-order chi connectivity index (χ1) is 9.80. The molecule has 5 N–H and O–H groups in total. The summed E-state index contributed by atoms with van der Waals surface area (Å²) in [5.41, 5.74) is 0.669. The number of hydrogen-bond acceptors (Lipinski definition) is 4. The average molecular weight is 298 g/mol. The number of aliphatic hydroxyl groups is 1. The highest BCUT2D eigenvalue weighted by Gasteiger charge is 2.24. The largest absolute Gasteiger partial charge is 0.481 e. The van der Waals surface area contributed by atoms with Crippen molar-refractivity contribution in [2.24, 2.45) is 0 Å². The third-order valence-corrected chi connectivity index (χ3v) is 3.00. The number of aliphatic carboxylic acids is 1. The number of nitrogens with zero attached hydrogens (tertiary/aromatic N) is 1. The molecule has 1 heterocycles. The van der Waals surface area contributed by atoms with Crippen LogP contribution in [0.15, 0.2) is 6.20 Å². The van der Waals surface area contributed by atoms with Gasteiger partial charge in [0.25, 0.3) is 0 Å². The number of aromatic amines is 1. The summed E-state index contributed by atoms with van der Waals surface area (Å²) in [7, 11) is 0. The highest BCUT2D eigenvalue weighted by Crippen LogP contribution is 2.07. The Labute approximate surface area is 122 Å². The van der Waals surface area contributed by atoms with Crippen molar-refractivity contribution in [1.82, 2.24) is 20.8 Å². The van der Waals surface area contributed by atoms with Crippen molar-refractivity contribution in [3.8, 4) is 0 Å². The average Bonchev–Trinajstić information content (AvgIpc) is 2.76. The molecular formula is C13H22N4O4. The van der Waals surface area contributed by atoms with E-state index >= 15 is 0 Å². The van der Waals surface area contributed by atoms with Crippen LogP contribution in [0, 0.1) is 6.92 Å². The van der Waals surface area contributed by atoms with E-state index in [0.717, 1.165) is 24.1 Å². The normalized spacial score (nSPS) is 13.5. The van der Waals surface area contributed by atoms with Gasteiger partial charge in [0.1, 0.15) is 0 Å². The highest BCUT2D eigenvalue weighted by molar-refractivity contribution is 5.74. The van der Waals surface area contributed by atoms with Gasteiger partial charge in [-0.2, -0.15) is 5.10 Å². The summed E-state index contributed by atoms with van der Waals surface area (Å²) in [6.07, 6.45) is 2.91. The molecule has 0 saturated heterocycles. The third-order valence-electron chi connectivity index (χ3n) is 3.00. The van der Waals surface area contributed by atoms with Crippen LogP contribution in [-0.2, 0) is 11.2 Å². The van der Waals surface area contributed by atoms with E-state index in [4.69, 9.17) is 5.11 Å². The summed E-state index contributed by atoms with van der Waals surface area (Å²) < 4.78 is 0. The maximum absolute atomic E-state index is 11.5. The van der Waals surface area contributed by atoms with Gasteiger partial charge in [0.2, 0.25) is 0 Å². The Bertz CT molecular complexity index is 484. The van der Waals surface area contributed by atoms with Gasteiger partial charge < -0.3 is 20.8 Å². The summed E-state index contributed by atoms with van der Waals surface area (Å²) in [5.74, 6) is -1.11. The Morgan fingerprint density at radius 1 is 1.43 bits per heavy atom. The number of amides is 2. The molecule has 1 aromatic rings. The van der Waals surface area contributed by atoms with Crippen LogP contribution >= 0.6 is 0 Å². The van der Waals surface area contributed by atoms with E-state index in [-0.39, 0.29) is 6.54 Å². The molecule has 8 nitrogen and oxygen atoms in total. The first kappa shape index (κ1) is 17.0. The quantitative estimate of drug-likeness (QED) is 0.437. The van der Waals surface area contributed by atoms with Crippen LogP contribution in [0.2, 0.25) is 0 Å². The van der Waals surface area contributed by atoms with Crippen molar-refractivity contribution in [2.75, 3.05) is 13.1 Å². The van der Waals surface area contributed by atoms with Gasteiger partial charge >= 0.3 is 12.0 Å². The summed E-state index contributed by atoms with van der Waals surface area (Å²) in [6.45, 7) is 3.67. The Balaban J connectivity index is 2.17. The molecule has 21 heavy (non-hydrogen) atoms. The van der Waals surface area contributed by atoms with Crippen molar-refractivity contribution >= 4 is 12.0 Å². The van der Waals surface area contributed by atoms with Gasteiger partial charge in [-0.1, -0.05) is 0 Å². The fourth-order valence-electron chi connectivity index (χ4n) is 1.83. The van der Waals surface area contributed by atoms with E-state index in [1.54, 1.807) is 6.20 Å². The van der Waals surface area contributed by atoms with Gasteiger partial charge in [-0.25, -0.2) is 4.79 Å². The summed E-state index contributed by atoms with van der Waals surface area (Å²) in [4.78, 5) is 22.0. The minimum atomic E-state index is -1.46. The predicted molar refractivity (Wildman–Crippen MR) is 75.9 cm³/mol. The van der Waals surface area contributed by atoms with Crippen molar-refractivity contribution in [2.45, 2.75) is 38.7 Å². The number of urea groups is 1. The van der Waals surface area contributed by atoms with Gasteiger partial charge in [-0.05, 0) is 32.3 Å². The Kier molecular flexibility index (Phi) is 6.16. The van der Waals surface area contributed by atoms with Crippen molar-refractivity contribution in [1.29, 1.82) is 0 Å². The van der Waals surface area contributed by atoms with E-state index in [1.807, 2.05) is 6.92 Å². The Hall–Kier alpha value is -2.09. The fraction of sp³-hybridized carbons (Fsp3) is 0.615. The van der Waals surface area contributed by atoms with E-state index in [9.17, 15) is 14.7 Å². The molecule has 2 amide bonds. The molecule has 0 aromatic carbocycles. The molecule has 0 aliphatic rings. The van der Waals surface area contributed by atoms with E-state index in [0.29, 0.717) is 6.54 Å². The molecular weight excluding hydrogens is 276 g/mol. The first-order valence-corrected chi connectivity index (χ1v) is 6.75. The molecule has 0 bridgehead atoms. The lowest BCUT2D eigenvalue weighted by molar-refractivity contribution is -0.141. The Morgan fingerprint density at radius 3 is 2.71 bits per heavy atom. The van der Waals surface area contributed by atoms with Crippen LogP contribution < -0.4 is 10.6 Å². The third kappa shape index (κ3) is 6.75. The van der Waals surface area contributed by atoms with Crippen LogP contribution in [0.4, 0.5) is 4.79 Å². The fourth-order valence-corrected chi connectivity index (χ4v) is 1.83. The number of aromatic nitrogens is 2. The number of aryl methyl sites for hydroxylation is 2. The number of carboxylic acids is 1. The van der Waals surface area contributed by atoms with Crippen LogP contribution in [-0.4, -0.2) is 51.1 Å². The van der Waals surface area contributed by atoms with E-state index in [2.05, 4.69) is 20.8 Å². The molecule has 8 heteroatoms. The molecule has 0 saturated carbocycles. The van der Waals surface area contributed by atoms with Crippen molar-refractivity contribution in [3.05, 3.63) is 17.5 Å². The van der Waals surface area contributed by atoms with Gasteiger partial charge in [-0.15, -0.1) is 0 Å². The molecule has 0 aliphatic heterocycles. The first-order valence-electron chi connectivity index (χ1n) is 6.75. The molecule has 0 fully saturated rings.